The fourth-order valence-electron chi connectivity index (χ4n) is 3.03. The van der Waals surface area contributed by atoms with Gasteiger partial charge in [-0.3, -0.25) is 9.59 Å². The molecule has 0 spiro atoms. The molecule has 21 heavy (non-hydrogen) atoms. The van der Waals surface area contributed by atoms with Gasteiger partial charge in [-0.2, -0.15) is 0 Å². The van der Waals surface area contributed by atoms with Gasteiger partial charge in [0.2, 0.25) is 0 Å². The Morgan fingerprint density at radius 1 is 1.05 bits per heavy atom. The number of hydrogen-bond acceptors (Lipinski definition) is 2. The van der Waals surface area contributed by atoms with Gasteiger partial charge >= 0.3 is 11.8 Å². The zero-order valence-electron chi connectivity index (χ0n) is 13.1. The van der Waals surface area contributed by atoms with Crippen LogP contribution in [0, 0.1) is 13.8 Å². The van der Waals surface area contributed by atoms with Crippen molar-refractivity contribution in [2.45, 2.75) is 52.0 Å². The van der Waals surface area contributed by atoms with Crippen LogP contribution >= 0.6 is 0 Å². The van der Waals surface area contributed by atoms with Gasteiger partial charge in [0.1, 0.15) is 0 Å². The van der Waals surface area contributed by atoms with Crippen molar-refractivity contribution >= 4 is 17.5 Å². The van der Waals surface area contributed by atoms with E-state index in [9.17, 15) is 9.59 Å². The van der Waals surface area contributed by atoms with Crippen LogP contribution in [0.1, 0.15) is 43.2 Å². The maximum atomic E-state index is 12.2. The number of carbonyl (C=O) groups excluding carboxylic acids is 2. The number of amides is 2. The van der Waals surface area contributed by atoms with E-state index in [-0.39, 0.29) is 6.04 Å². The van der Waals surface area contributed by atoms with Gasteiger partial charge < -0.3 is 10.2 Å². The average Bonchev–Trinajstić information content (AvgIpc) is 2.45. The number of hydrogen-bond donors (Lipinski definition) is 1. The highest BCUT2D eigenvalue weighted by Gasteiger charge is 2.26. The number of benzene rings is 1. The number of nitrogens with one attached hydrogen (secondary N) is 1. The van der Waals surface area contributed by atoms with Gasteiger partial charge in [0.15, 0.2) is 0 Å². The number of aryl methyl sites for hydroxylation is 2. The summed E-state index contributed by atoms with van der Waals surface area (Å²) in [5, 5.41) is 2.71. The lowest BCUT2D eigenvalue weighted by atomic mass is 9.94. The Labute approximate surface area is 126 Å². The van der Waals surface area contributed by atoms with E-state index in [4.69, 9.17) is 0 Å². The lowest BCUT2D eigenvalue weighted by Gasteiger charge is -2.30. The molecule has 0 atom stereocenters. The van der Waals surface area contributed by atoms with E-state index in [0.717, 1.165) is 36.8 Å². The molecule has 2 amide bonds. The molecule has 2 rings (SSSR count). The van der Waals surface area contributed by atoms with Crippen molar-refractivity contribution < 1.29 is 9.59 Å². The number of likely N-dealkylation sites (N-methyl/N-ethyl adjacent to an activating group) is 1. The van der Waals surface area contributed by atoms with Crippen molar-refractivity contribution in [2.24, 2.45) is 0 Å². The van der Waals surface area contributed by atoms with Crippen LogP contribution in [-0.2, 0) is 9.59 Å². The van der Waals surface area contributed by atoms with E-state index in [1.807, 2.05) is 32.0 Å². The van der Waals surface area contributed by atoms with Crippen LogP contribution in [0.15, 0.2) is 18.2 Å². The van der Waals surface area contributed by atoms with E-state index in [1.165, 1.54) is 6.42 Å². The van der Waals surface area contributed by atoms with Gasteiger partial charge in [0, 0.05) is 18.8 Å². The highest BCUT2D eigenvalue weighted by molar-refractivity contribution is 6.39. The van der Waals surface area contributed by atoms with E-state index in [2.05, 4.69) is 5.32 Å². The minimum Gasteiger partial charge on any atom is -0.335 e. The summed E-state index contributed by atoms with van der Waals surface area (Å²) in [6.45, 7) is 3.94. The molecule has 1 fully saturated rings. The summed E-state index contributed by atoms with van der Waals surface area (Å²) in [4.78, 5) is 26.0. The van der Waals surface area contributed by atoms with E-state index >= 15 is 0 Å². The Morgan fingerprint density at radius 2 is 1.62 bits per heavy atom. The van der Waals surface area contributed by atoms with Crippen LogP contribution in [0.5, 0.6) is 0 Å². The van der Waals surface area contributed by atoms with Crippen molar-refractivity contribution in [3.05, 3.63) is 29.3 Å². The summed E-state index contributed by atoms with van der Waals surface area (Å²) >= 11 is 0. The fourth-order valence-corrected chi connectivity index (χ4v) is 3.03. The van der Waals surface area contributed by atoms with Crippen LogP contribution in [0.3, 0.4) is 0 Å². The van der Waals surface area contributed by atoms with Gasteiger partial charge in [0.25, 0.3) is 0 Å². The highest BCUT2D eigenvalue weighted by atomic mass is 16.2. The maximum Gasteiger partial charge on any atom is 0.313 e. The molecule has 1 N–H and O–H groups in total. The summed E-state index contributed by atoms with van der Waals surface area (Å²) in [5.41, 5.74) is 2.82. The van der Waals surface area contributed by atoms with Gasteiger partial charge in [0.05, 0.1) is 0 Å². The Bertz CT molecular complexity index is 513. The molecule has 0 saturated heterocycles. The third-order valence-electron chi connectivity index (χ3n) is 4.12. The predicted molar refractivity (Wildman–Crippen MR) is 84.2 cm³/mol. The quantitative estimate of drug-likeness (QED) is 0.850. The molecule has 114 valence electrons. The molecular formula is C17H24N2O2. The van der Waals surface area contributed by atoms with Crippen molar-refractivity contribution in [3.8, 4) is 0 Å². The van der Waals surface area contributed by atoms with Crippen LogP contribution in [-0.4, -0.2) is 29.8 Å². The second-order valence-corrected chi connectivity index (χ2v) is 6.04. The summed E-state index contributed by atoms with van der Waals surface area (Å²) in [6, 6.07) is 5.99. The molecule has 1 aromatic rings. The number of nitrogens with zero attached hydrogens (tertiary/aromatic N) is 1. The monoisotopic (exact) mass is 288 g/mol. The Balaban J connectivity index is 2.00. The first-order valence-corrected chi connectivity index (χ1v) is 7.64. The smallest absolute Gasteiger partial charge is 0.313 e. The Morgan fingerprint density at radius 3 is 2.19 bits per heavy atom. The third-order valence-corrected chi connectivity index (χ3v) is 4.12. The molecule has 0 aliphatic heterocycles. The van der Waals surface area contributed by atoms with E-state index in [0.29, 0.717) is 5.69 Å². The van der Waals surface area contributed by atoms with Crippen molar-refractivity contribution in [3.63, 3.8) is 0 Å². The molecule has 4 nitrogen and oxygen atoms in total. The number of carbonyl (C=O) groups is 2. The zero-order chi connectivity index (χ0) is 15.4. The minimum absolute atomic E-state index is 0.205. The molecule has 0 radical (unpaired) electrons. The maximum absolute atomic E-state index is 12.2. The van der Waals surface area contributed by atoms with E-state index in [1.54, 1.807) is 11.9 Å². The van der Waals surface area contributed by atoms with E-state index < -0.39 is 11.8 Å². The molecule has 4 heteroatoms. The summed E-state index contributed by atoms with van der Waals surface area (Å²) < 4.78 is 0. The molecule has 0 aromatic heterocycles. The predicted octanol–water partition coefficient (Wildman–Crippen LogP) is 3.03. The largest absolute Gasteiger partial charge is 0.335 e. The topological polar surface area (TPSA) is 49.4 Å². The first kappa shape index (κ1) is 15.5. The SMILES string of the molecule is Cc1cc(C)cc(NC(=O)C(=O)N(C)C2CCCCC2)c1. The van der Waals surface area contributed by atoms with Gasteiger partial charge in [-0.1, -0.05) is 25.3 Å². The molecular weight excluding hydrogens is 264 g/mol. The third kappa shape index (κ3) is 4.06. The Kier molecular flexibility index (Phi) is 4.99. The minimum atomic E-state index is -0.548. The zero-order valence-corrected chi connectivity index (χ0v) is 13.1. The number of rotatable bonds is 2. The molecule has 1 aliphatic carbocycles. The van der Waals surface area contributed by atoms with Crippen LogP contribution in [0.2, 0.25) is 0 Å². The molecule has 1 aliphatic rings. The second kappa shape index (κ2) is 6.74. The summed E-state index contributed by atoms with van der Waals surface area (Å²) in [5.74, 6) is -0.992. The van der Waals surface area contributed by atoms with Gasteiger partial charge in [-0.05, 0) is 49.9 Å². The van der Waals surface area contributed by atoms with Crippen molar-refractivity contribution in [2.75, 3.05) is 12.4 Å². The van der Waals surface area contributed by atoms with Crippen LogP contribution in [0.25, 0.3) is 0 Å². The van der Waals surface area contributed by atoms with Crippen LogP contribution < -0.4 is 5.32 Å². The average molecular weight is 288 g/mol. The Hall–Kier alpha value is -1.84. The normalized spacial score (nSPS) is 15.6. The van der Waals surface area contributed by atoms with Crippen molar-refractivity contribution in [1.29, 1.82) is 0 Å². The van der Waals surface area contributed by atoms with Crippen LogP contribution in [0.4, 0.5) is 5.69 Å². The summed E-state index contributed by atoms with van der Waals surface area (Å²) in [6.07, 6.45) is 5.51. The molecule has 0 heterocycles. The van der Waals surface area contributed by atoms with Gasteiger partial charge in [-0.15, -0.1) is 0 Å². The lowest BCUT2D eigenvalue weighted by Crippen LogP contribution is -2.44. The molecule has 0 unspecified atom stereocenters. The highest BCUT2D eigenvalue weighted by Crippen LogP contribution is 2.22. The summed E-state index contributed by atoms with van der Waals surface area (Å²) in [7, 11) is 1.74. The lowest BCUT2D eigenvalue weighted by molar-refractivity contribution is -0.144. The standard InChI is InChI=1S/C17H24N2O2/c1-12-9-13(2)11-14(10-12)18-16(20)17(21)19(3)15-7-5-4-6-8-15/h9-11,15H,4-8H2,1-3H3,(H,18,20). The molecule has 1 aromatic carbocycles. The second-order valence-electron chi connectivity index (χ2n) is 6.04. The van der Waals surface area contributed by atoms with Gasteiger partial charge in [-0.25, -0.2) is 0 Å². The first-order valence-electron chi connectivity index (χ1n) is 7.64. The molecule has 1 saturated carbocycles. The van der Waals surface area contributed by atoms with Crippen molar-refractivity contribution in [1.82, 2.24) is 4.90 Å². The fraction of sp³-hybridized carbons (Fsp3) is 0.529. The first-order chi connectivity index (χ1) is 9.97. The number of anilines is 1. The molecule has 0 bridgehead atoms.